The first-order valence-corrected chi connectivity index (χ1v) is 4.80. The summed E-state index contributed by atoms with van der Waals surface area (Å²) in [5.74, 6) is 1.22. The maximum absolute atomic E-state index is 3.27. The molecule has 0 unspecified atom stereocenters. The number of aromatic nitrogens is 1. The van der Waals surface area contributed by atoms with Crippen LogP contribution in [0.1, 0.15) is 13.8 Å². The smallest absolute Gasteiger partial charge is 0.129 e. The van der Waals surface area contributed by atoms with Gasteiger partial charge in [-0.2, -0.15) is 0 Å². The lowest BCUT2D eigenvalue weighted by atomic mass is 10.4. The molecule has 0 aliphatic carbocycles. The van der Waals surface area contributed by atoms with Gasteiger partial charge < -0.3 is 14.8 Å². The number of hydrogen-bond acceptors (Lipinski definition) is 2. The monoisotopic (exact) mass is 181 g/mol. The summed E-state index contributed by atoms with van der Waals surface area (Å²) in [6.45, 7) is 6.42. The number of anilines is 2. The van der Waals surface area contributed by atoms with E-state index in [0.29, 0.717) is 0 Å². The van der Waals surface area contributed by atoms with Crippen molar-refractivity contribution in [3.63, 3.8) is 0 Å². The molecule has 0 aliphatic rings. The van der Waals surface area contributed by atoms with Crippen molar-refractivity contribution in [1.29, 1.82) is 0 Å². The summed E-state index contributed by atoms with van der Waals surface area (Å²) in [6.07, 6.45) is 1.99. The summed E-state index contributed by atoms with van der Waals surface area (Å²) < 4.78 is 0. The van der Waals surface area contributed by atoms with Crippen molar-refractivity contribution in [3.8, 4) is 0 Å². The van der Waals surface area contributed by atoms with Gasteiger partial charge in [-0.05, 0) is 19.9 Å². The molecule has 13 heavy (non-hydrogen) atoms. The van der Waals surface area contributed by atoms with E-state index in [2.05, 4.69) is 48.8 Å². The van der Waals surface area contributed by atoms with Gasteiger partial charge in [0.25, 0.3) is 0 Å². The SMILES string of the molecule is CCN(CC)c1[nH]ccc1N(C)C. The van der Waals surface area contributed by atoms with Crippen LogP contribution in [0.4, 0.5) is 11.5 Å². The predicted octanol–water partition coefficient (Wildman–Crippen LogP) is 1.93. The van der Waals surface area contributed by atoms with E-state index in [1.807, 2.05) is 6.20 Å². The van der Waals surface area contributed by atoms with Gasteiger partial charge in [0.1, 0.15) is 5.82 Å². The summed E-state index contributed by atoms with van der Waals surface area (Å²) in [7, 11) is 4.13. The third kappa shape index (κ3) is 1.97. The highest BCUT2D eigenvalue weighted by Gasteiger charge is 2.09. The van der Waals surface area contributed by atoms with Crippen LogP contribution in [0.25, 0.3) is 0 Å². The average molecular weight is 181 g/mol. The van der Waals surface area contributed by atoms with E-state index in [1.54, 1.807) is 0 Å². The number of H-pyrrole nitrogens is 1. The van der Waals surface area contributed by atoms with Crippen LogP contribution in [0, 0.1) is 0 Å². The molecule has 1 N–H and O–H groups in total. The summed E-state index contributed by atoms with van der Waals surface area (Å²) in [5.41, 5.74) is 1.25. The standard InChI is InChI=1S/C10H19N3/c1-5-13(6-2)10-9(12(3)4)7-8-11-10/h7-8,11H,5-6H2,1-4H3. The summed E-state index contributed by atoms with van der Waals surface area (Å²) >= 11 is 0. The highest BCUT2D eigenvalue weighted by atomic mass is 15.2. The van der Waals surface area contributed by atoms with Crippen LogP contribution in [0.3, 0.4) is 0 Å². The number of nitrogens with zero attached hydrogens (tertiary/aromatic N) is 2. The second-order valence-corrected chi connectivity index (χ2v) is 3.28. The lowest BCUT2D eigenvalue weighted by molar-refractivity contribution is 0.848. The summed E-state index contributed by atoms with van der Waals surface area (Å²) in [4.78, 5) is 7.72. The Bertz CT molecular complexity index is 248. The zero-order valence-electron chi connectivity index (χ0n) is 8.96. The van der Waals surface area contributed by atoms with Gasteiger partial charge in [0.2, 0.25) is 0 Å². The second kappa shape index (κ2) is 4.21. The van der Waals surface area contributed by atoms with E-state index < -0.39 is 0 Å². The number of aromatic amines is 1. The Balaban J connectivity index is 2.91. The number of nitrogens with one attached hydrogen (secondary N) is 1. The van der Waals surface area contributed by atoms with Crippen LogP contribution in [0.2, 0.25) is 0 Å². The van der Waals surface area contributed by atoms with Crippen LogP contribution in [0.15, 0.2) is 12.3 Å². The molecular weight excluding hydrogens is 162 g/mol. The highest BCUT2D eigenvalue weighted by molar-refractivity contribution is 5.67. The molecule has 0 spiro atoms. The quantitative estimate of drug-likeness (QED) is 0.766. The van der Waals surface area contributed by atoms with E-state index in [0.717, 1.165) is 13.1 Å². The average Bonchev–Trinajstić information content (AvgIpc) is 2.55. The zero-order chi connectivity index (χ0) is 9.84. The fourth-order valence-electron chi connectivity index (χ4n) is 1.51. The third-order valence-electron chi connectivity index (χ3n) is 2.27. The van der Waals surface area contributed by atoms with E-state index >= 15 is 0 Å². The Labute approximate surface area is 80.3 Å². The molecular formula is C10H19N3. The Morgan fingerprint density at radius 1 is 1.23 bits per heavy atom. The fraction of sp³-hybridized carbons (Fsp3) is 0.600. The van der Waals surface area contributed by atoms with Crippen LogP contribution < -0.4 is 9.80 Å². The van der Waals surface area contributed by atoms with Crippen LogP contribution in [0.5, 0.6) is 0 Å². The van der Waals surface area contributed by atoms with Crippen molar-refractivity contribution in [2.24, 2.45) is 0 Å². The molecule has 74 valence electrons. The highest BCUT2D eigenvalue weighted by Crippen LogP contribution is 2.25. The van der Waals surface area contributed by atoms with E-state index in [9.17, 15) is 0 Å². The molecule has 1 aromatic rings. The van der Waals surface area contributed by atoms with E-state index in [4.69, 9.17) is 0 Å². The summed E-state index contributed by atoms with van der Waals surface area (Å²) in [5, 5.41) is 0. The summed E-state index contributed by atoms with van der Waals surface area (Å²) in [6, 6.07) is 2.10. The largest absolute Gasteiger partial charge is 0.375 e. The maximum atomic E-state index is 3.27. The van der Waals surface area contributed by atoms with E-state index in [-0.39, 0.29) is 0 Å². The van der Waals surface area contributed by atoms with Crippen LogP contribution in [-0.4, -0.2) is 32.2 Å². The van der Waals surface area contributed by atoms with Crippen LogP contribution in [-0.2, 0) is 0 Å². The Morgan fingerprint density at radius 3 is 2.31 bits per heavy atom. The van der Waals surface area contributed by atoms with Gasteiger partial charge in [0, 0.05) is 33.4 Å². The number of hydrogen-bond donors (Lipinski definition) is 1. The van der Waals surface area contributed by atoms with Gasteiger partial charge in [-0.3, -0.25) is 0 Å². The molecule has 0 aliphatic heterocycles. The number of rotatable bonds is 4. The second-order valence-electron chi connectivity index (χ2n) is 3.28. The topological polar surface area (TPSA) is 22.3 Å². The van der Waals surface area contributed by atoms with Crippen LogP contribution >= 0.6 is 0 Å². The van der Waals surface area contributed by atoms with Crippen molar-refractivity contribution in [2.75, 3.05) is 37.0 Å². The lowest BCUT2D eigenvalue weighted by Gasteiger charge is -2.23. The molecule has 0 radical (unpaired) electrons. The predicted molar refractivity (Wildman–Crippen MR) is 58.7 cm³/mol. The van der Waals surface area contributed by atoms with Gasteiger partial charge in [-0.1, -0.05) is 0 Å². The van der Waals surface area contributed by atoms with Crippen molar-refractivity contribution in [2.45, 2.75) is 13.8 Å². The first kappa shape index (κ1) is 9.96. The minimum atomic E-state index is 1.04. The molecule has 1 rings (SSSR count). The third-order valence-corrected chi connectivity index (χ3v) is 2.27. The maximum Gasteiger partial charge on any atom is 0.129 e. The van der Waals surface area contributed by atoms with Crippen molar-refractivity contribution >= 4 is 11.5 Å². The normalized spacial score (nSPS) is 10.2. The van der Waals surface area contributed by atoms with Gasteiger partial charge in [-0.15, -0.1) is 0 Å². The minimum Gasteiger partial charge on any atom is -0.375 e. The molecule has 3 nitrogen and oxygen atoms in total. The van der Waals surface area contributed by atoms with Gasteiger partial charge in [0.15, 0.2) is 0 Å². The van der Waals surface area contributed by atoms with Gasteiger partial charge in [-0.25, -0.2) is 0 Å². The zero-order valence-corrected chi connectivity index (χ0v) is 8.96. The molecule has 0 amide bonds. The van der Waals surface area contributed by atoms with Gasteiger partial charge >= 0.3 is 0 Å². The van der Waals surface area contributed by atoms with Crippen molar-refractivity contribution in [1.82, 2.24) is 4.98 Å². The molecule has 3 heteroatoms. The molecule has 0 aromatic carbocycles. The first-order chi connectivity index (χ1) is 6.20. The molecule has 0 fully saturated rings. The molecule has 1 heterocycles. The minimum absolute atomic E-state index is 1.04. The lowest BCUT2D eigenvalue weighted by Crippen LogP contribution is -2.24. The van der Waals surface area contributed by atoms with Crippen molar-refractivity contribution in [3.05, 3.63) is 12.3 Å². The fourth-order valence-corrected chi connectivity index (χ4v) is 1.51. The van der Waals surface area contributed by atoms with Gasteiger partial charge in [0.05, 0.1) is 5.69 Å². The Hall–Kier alpha value is -1.12. The first-order valence-electron chi connectivity index (χ1n) is 4.80. The molecule has 0 atom stereocenters. The molecule has 1 aromatic heterocycles. The molecule has 0 saturated carbocycles. The molecule has 0 saturated heterocycles. The Kier molecular flexibility index (Phi) is 3.23. The Morgan fingerprint density at radius 2 is 1.85 bits per heavy atom. The van der Waals surface area contributed by atoms with E-state index in [1.165, 1.54) is 11.5 Å². The molecule has 0 bridgehead atoms. The van der Waals surface area contributed by atoms with Crippen molar-refractivity contribution < 1.29 is 0 Å².